The molecule has 0 aromatic carbocycles. The van der Waals surface area contributed by atoms with Crippen LogP contribution in [0.1, 0.15) is 44.9 Å². The first kappa shape index (κ1) is 15.9. The van der Waals surface area contributed by atoms with Gasteiger partial charge in [-0.1, -0.05) is 0 Å². The van der Waals surface area contributed by atoms with Crippen LogP contribution >= 0.6 is 23.2 Å². The van der Waals surface area contributed by atoms with E-state index in [0.29, 0.717) is 0 Å². The van der Waals surface area contributed by atoms with Crippen molar-refractivity contribution in [2.24, 2.45) is 23.5 Å². The van der Waals surface area contributed by atoms with E-state index in [9.17, 15) is 0 Å². The van der Waals surface area contributed by atoms with E-state index in [2.05, 4.69) is 5.32 Å². The fourth-order valence-electron chi connectivity index (χ4n) is 3.85. The van der Waals surface area contributed by atoms with Gasteiger partial charge in [0.05, 0.1) is 5.38 Å². The van der Waals surface area contributed by atoms with Gasteiger partial charge < -0.3 is 11.1 Å². The Labute approximate surface area is 127 Å². The Balaban J connectivity index is 1.87. The average molecular weight is 307 g/mol. The Morgan fingerprint density at radius 2 is 2.00 bits per heavy atom. The van der Waals surface area contributed by atoms with Gasteiger partial charge in [-0.05, 0) is 82.3 Å². The molecule has 0 aromatic heterocycles. The van der Waals surface area contributed by atoms with Crippen LogP contribution in [0.5, 0.6) is 0 Å². The second kappa shape index (κ2) is 8.07. The third-order valence-electron chi connectivity index (χ3n) is 4.97. The van der Waals surface area contributed by atoms with Crippen LogP contribution in [-0.2, 0) is 0 Å². The molecule has 2 nitrogen and oxygen atoms in total. The monoisotopic (exact) mass is 306 g/mol. The lowest BCUT2D eigenvalue weighted by Crippen LogP contribution is -2.35. The van der Waals surface area contributed by atoms with Gasteiger partial charge in [-0.25, -0.2) is 0 Å². The molecule has 4 unspecified atom stereocenters. The number of nitrogens with two attached hydrogens (primary N) is 1. The van der Waals surface area contributed by atoms with Gasteiger partial charge in [0.15, 0.2) is 0 Å². The van der Waals surface area contributed by atoms with Crippen LogP contribution < -0.4 is 11.1 Å². The van der Waals surface area contributed by atoms with Gasteiger partial charge in [0, 0.05) is 5.38 Å². The zero-order valence-corrected chi connectivity index (χ0v) is 13.3. The molecule has 1 aliphatic carbocycles. The maximum atomic E-state index is 6.37. The molecule has 2 fully saturated rings. The second-order valence-corrected chi connectivity index (χ2v) is 7.51. The summed E-state index contributed by atoms with van der Waals surface area (Å²) in [6, 6.07) is 0. The third kappa shape index (κ3) is 4.77. The molecule has 0 aromatic rings. The molecular formula is C15H28Cl2N2. The van der Waals surface area contributed by atoms with E-state index in [1.54, 1.807) is 0 Å². The van der Waals surface area contributed by atoms with E-state index in [-0.39, 0.29) is 10.8 Å². The van der Waals surface area contributed by atoms with Crippen molar-refractivity contribution in [3.63, 3.8) is 0 Å². The van der Waals surface area contributed by atoms with E-state index in [1.165, 1.54) is 38.8 Å². The Bertz CT molecular complexity index is 257. The molecule has 1 heterocycles. The molecule has 0 spiro atoms. The predicted molar refractivity (Wildman–Crippen MR) is 84.0 cm³/mol. The molecule has 5 atom stereocenters. The number of rotatable bonds is 5. The van der Waals surface area contributed by atoms with Crippen LogP contribution in [0.25, 0.3) is 0 Å². The van der Waals surface area contributed by atoms with Crippen molar-refractivity contribution >= 4 is 23.2 Å². The summed E-state index contributed by atoms with van der Waals surface area (Å²) in [7, 11) is 0. The highest BCUT2D eigenvalue weighted by molar-refractivity contribution is 6.30. The minimum Gasteiger partial charge on any atom is -0.330 e. The first-order valence-electron chi connectivity index (χ1n) is 7.89. The van der Waals surface area contributed by atoms with Crippen LogP contribution in [0, 0.1) is 17.8 Å². The van der Waals surface area contributed by atoms with Gasteiger partial charge in [0.25, 0.3) is 0 Å². The zero-order valence-electron chi connectivity index (χ0n) is 11.8. The van der Waals surface area contributed by atoms with Crippen LogP contribution in [0.4, 0.5) is 0 Å². The number of alkyl halides is 2. The zero-order chi connectivity index (χ0) is 13.7. The lowest BCUT2D eigenvalue weighted by molar-refractivity contribution is 0.190. The van der Waals surface area contributed by atoms with Crippen molar-refractivity contribution in [2.45, 2.75) is 55.7 Å². The fourth-order valence-corrected chi connectivity index (χ4v) is 4.43. The van der Waals surface area contributed by atoms with Crippen molar-refractivity contribution in [1.29, 1.82) is 0 Å². The summed E-state index contributed by atoms with van der Waals surface area (Å²) < 4.78 is 0. The minimum atomic E-state index is 0.158. The van der Waals surface area contributed by atoms with Crippen molar-refractivity contribution in [1.82, 2.24) is 5.32 Å². The van der Waals surface area contributed by atoms with Crippen molar-refractivity contribution < 1.29 is 0 Å². The maximum Gasteiger partial charge on any atom is 0.0502 e. The standard InChI is InChI=1S/C15H28Cl2N2/c16-14-4-3-12(9-15(14)17)13(5-6-18)8-11-2-1-7-19-10-11/h11-15,19H,1-10,18H2/t11?,12?,13-,14?,15?/m0/s1. The normalized spacial score (nSPS) is 38.1. The molecule has 1 saturated heterocycles. The molecule has 0 radical (unpaired) electrons. The minimum absolute atomic E-state index is 0.158. The van der Waals surface area contributed by atoms with E-state index in [1.807, 2.05) is 0 Å². The fraction of sp³-hybridized carbons (Fsp3) is 1.00. The van der Waals surface area contributed by atoms with Gasteiger partial charge in [-0.3, -0.25) is 0 Å². The number of piperidine rings is 1. The maximum absolute atomic E-state index is 6.37. The summed E-state index contributed by atoms with van der Waals surface area (Å²) in [5.74, 6) is 2.33. The molecule has 2 aliphatic rings. The van der Waals surface area contributed by atoms with Crippen molar-refractivity contribution in [2.75, 3.05) is 19.6 Å². The van der Waals surface area contributed by atoms with Crippen LogP contribution in [0.2, 0.25) is 0 Å². The lowest BCUT2D eigenvalue weighted by Gasteiger charge is -2.37. The molecule has 112 valence electrons. The number of nitrogens with one attached hydrogen (secondary N) is 1. The topological polar surface area (TPSA) is 38.0 Å². The highest BCUT2D eigenvalue weighted by atomic mass is 35.5. The van der Waals surface area contributed by atoms with E-state index >= 15 is 0 Å². The molecular weight excluding hydrogens is 279 g/mol. The average Bonchev–Trinajstić information content (AvgIpc) is 2.43. The van der Waals surface area contributed by atoms with Crippen LogP contribution in [-0.4, -0.2) is 30.4 Å². The quantitative estimate of drug-likeness (QED) is 0.764. The van der Waals surface area contributed by atoms with E-state index < -0.39 is 0 Å². The lowest BCUT2D eigenvalue weighted by atomic mass is 9.73. The molecule has 4 heteroatoms. The van der Waals surface area contributed by atoms with Gasteiger partial charge >= 0.3 is 0 Å². The van der Waals surface area contributed by atoms with E-state index in [4.69, 9.17) is 28.9 Å². The van der Waals surface area contributed by atoms with Crippen LogP contribution in [0.3, 0.4) is 0 Å². The Kier molecular flexibility index (Phi) is 6.74. The number of hydrogen-bond donors (Lipinski definition) is 2. The summed E-state index contributed by atoms with van der Waals surface area (Å²) in [6.07, 6.45) is 8.58. The molecule has 0 bridgehead atoms. The molecule has 0 amide bonds. The predicted octanol–water partition coefficient (Wildman–Crippen LogP) is 3.36. The van der Waals surface area contributed by atoms with Crippen LogP contribution in [0.15, 0.2) is 0 Å². The summed E-state index contributed by atoms with van der Waals surface area (Å²) in [6.45, 7) is 3.19. The van der Waals surface area contributed by atoms with Gasteiger partial charge in [0.2, 0.25) is 0 Å². The van der Waals surface area contributed by atoms with Gasteiger partial charge in [0.1, 0.15) is 0 Å². The molecule has 1 saturated carbocycles. The van der Waals surface area contributed by atoms with Gasteiger partial charge in [-0.15, -0.1) is 23.2 Å². The number of hydrogen-bond acceptors (Lipinski definition) is 2. The third-order valence-corrected chi connectivity index (χ3v) is 6.11. The SMILES string of the molecule is NCC[C@@H](CC1CCCNC1)C1CCC(Cl)C(Cl)C1. The summed E-state index contributed by atoms with van der Waals surface area (Å²) in [4.78, 5) is 0. The first-order chi connectivity index (χ1) is 9.20. The summed E-state index contributed by atoms with van der Waals surface area (Å²) in [5, 5.41) is 3.85. The highest BCUT2D eigenvalue weighted by Crippen LogP contribution is 2.39. The molecule has 2 rings (SSSR count). The largest absolute Gasteiger partial charge is 0.330 e. The number of halogens is 2. The Hall–Kier alpha value is 0.500. The molecule has 3 N–H and O–H groups in total. The van der Waals surface area contributed by atoms with Gasteiger partial charge in [-0.2, -0.15) is 0 Å². The van der Waals surface area contributed by atoms with Crippen molar-refractivity contribution in [3.05, 3.63) is 0 Å². The Morgan fingerprint density at radius 3 is 2.63 bits per heavy atom. The summed E-state index contributed by atoms with van der Waals surface area (Å²) in [5.41, 5.74) is 5.83. The van der Waals surface area contributed by atoms with E-state index in [0.717, 1.165) is 43.6 Å². The molecule has 1 aliphatic heterocycles. The van der Waals surface area contributed by atoms with Crippen molar-refractivity contribution in [3.8, 4) is 0 Å². The summed E-state index contributed by atoms with van der Waals surface area (Å²) >= 11 is 12.6. The second-order valence-electron chi connectivity index (χ2n) is 6.39. The smallest absolute Gasteiger partial charge is 0.0502 e. The highest BCUT2D eigenvalue weighted by Gasteiger charge is 2.33. The first-order valence-corrected chi connectivity index (χ1v) is 8.77. The Morgan fingerprint density at radius 1 is 1.16 bits per heavy atom. The molecule has 19 heavy (non-hydrogen) atoms.